The minimum Gasteiger partial charge on any atom is -0.395 e. The lowest BCUT2D eigenvalue weighted by atomic mass is 10.3. The number of hydrogen-bond donors (Lipinski definition) is 1. The Morgan fingerprint density at radius 3 is 2.44 bits per heavy atom. The van der Waals surface area contributed by atoms with Crippen LogP contribution in [0.5, 0.6) is 0 Å². The SMILES string of the molecule is Cl.[B]N1CCN=C1Nc1c(Cl)cccc1Cl. The molecule has 0 amide bonds. The summed E-state index contributed by atoms with van der Waals surface area (Å²) in [6.07, 6.45) is 0. The molecule has 0 fully saturated rings. The summed E-state index contributed by atoms with van der Waals surface area (Å²) < 4.78 is 0. The van der Waals surface area contributed by atoms with Crippen LogP contribution in [0.2, 0.25) is 10.0 Å². The van der Waals surface area contributed by atoms with Crippen LogP contribution in [0.15, 0.2) is 23.2 Å². The van der Waals surface area contributed by atoms with Crippen molar-refractivity contribution in [2.24, 2.45) is 4.99 Å². The van der Waals surface area contributed by atoms with Gasteiger partial charge < -0.3 is 10.1 Å². The van der Waals surface area contributed by atoms with Gasteiger partial charge in [0.1, 0.15) is 0 Å². The van der Waals surface area contributed by atoms with E-state index >= 15 is 0 Å². The molecule has 2 rings (SSSR count). The lowest BCUT2D eigenvalue weighted by molar-refractivity contribution is 0.714. The molecule has 2 radical (unpaired) electrons. The third kappa shape index (κ3) is 2.76. The number of anilines is 1. The van der Waals surface area contributed by atoms with Crippen molar-refractivity contribution >= 4 is 55.2 Å². The Bertz CT molecular complexity index is 391. The molecule has 1 aliphatic rings. The van der Waals surface area contributed by atoms with E-state index in [1.54, 1.807) is 18.2 Å². The smallest absolute Gasteiger partial charge is 0.230 e. The van der Waals surface area contributed by atoms with Crippen LogP contribution in [-0.4, -0.2) is 31.8 Å². The molecule has 0 saturated heterocycles. The average molecular weight is 276 g/mol. The van der Waals surface area contributed by atoms with Gasteiger partial charge in [0, 0.05) is 6.54 Å². The monoisotopic (exact) mass is 275 g/mol. The molecule has 1 heterocycles. The lowest BCUT2D eigenvalue weighted by Gasteiger charge is -2.17. The van der Waals surface area contributed by atoms with Crippen LogP contribution in [0.1, 0.15) is 0 Å². The molecule has 0 aromatic heterocycles. The fraction of sp³-hybridized carbons (Fsp3) is 0.222. The second-order valence-electron chi connectivity index (χ2n) is 3.12. The van der Waals surface area contributed by atoms with Crippen molar-refractivity contribution in [3.05, 3.63) is 28.2 Å². The van der Waals surface area contributed by atoms with Gasteiger partial charge in [-0.15, -0.1) is 12.4 Å². The maximum absolute atomic E-state index is 5.99. The van der Waals surface area contributed by atoms with Crippen molar-refractivity contribution in [3.8, 4) is 0 Å². The number of para-hydroxylation sites is 1. The van der Waals surface area contributed by atoms with Crippen LogP contribution in [0.3, 0.4) is 0 Å². The van der Waals surface area contributed by atoms with Crippen LogP contribution in [0, 0.1) is 0 Å². The Balaban J connectivity index is 0.00000128. The highest BCUT2D eigenvalue weighted by atomic mass is 35.5. The molecule has 1 N–H and O–H groups in total. The molecule has 0 spiro atoms. The Hall–Kier alpha value is -0.575. The molecule has 0 atom stereocenters. The lowest BCUT2D eigenvalue weighted by Crippen LogP contribution is -2.30. The fourth-order valence-electron chi connectivity index (χ4n) is 1.30. The first-order valence-electron chi connectivity index (χ1n) is 4.46. The Labute approximate surface area is 112 Å². The third-order valence-corrected chi connectivity index (χ3v) is 2.70. The standard InChI is InChI=1S/C9H8BCl2N3.ClH/c10-15-5-4-13-9(15)14-8-6(11)2-1-3-7(8)12;/h1-3H,4-5H2,(H,13,14);1H. The minimum absolute atomic E-state index is 0. The summed E-state index contributed by atoms with van der Waals surface area (Å²) >= 11 is 12.0. The second kappa shape index (κ2) is 5.66. The van der Waals surface area contributed by atoms with E-state index in [1.165, 1.54) is 4.81 Å². The van der Waals surface area contributed by atoms with E-state index in [2.05, 4.69) is 10.3 Å². The van der Waals surface area contributed by atoms with E-state index in [-0.39, 0.29) is 12.4 Å². The van der Waals surface area contributed by atoms with E-state index in [4.69, 9.17) is 31.2 Å². The number of nitrogens with one attached hydrogen (secondary N) is 1. The molecular weight excluding hydrogens is 267 g/mol. The third-order valence-electron chi connectivity index (χ3n) is 2.07. The molecule has 0 saturated carbocycles. The number of halogens is 3. The molecule has 1 aromatic rings. The summed E-state index contributed by atoms with van der Waals surface area (Å²) in [5.41, 5.74) is 0.636. The molecular formula is C9H9BCl3N3. The number of benzene rings is 1. The fourth-order valence-corrected chi connectivity index (χ4v) is 1.79. The molecule has 7 heteroatoms. The summed E-state index contributed by atoms with van der Waals surface area (Å²) in [4.78, 5) is 5.71. The van der Waals surface area contributed by atoms with Crippen molar-refractivity contribution < 1.29 is 0 Å². The van der Waals surface area contributed by atoms with Crippen molar-refractivity contribution in [3.63, 3.8) is 0 Å². The van der Waals surface area contributed by atoms with Gasteiger partial charge in [0.15, 0.2) is 5.96 Å². The molecule has 0 unspecified atom stereocenters. The van der Waals surface area contributed by atoms with Gasteiger partial charge in [0.25, 0.3) is 0 Å². The van der Waals surface area contributed by atoms with Crippen molar-refractivity contribution in [1.82, 2.24) is 4.81 Å². The van der Waals surface area contributed by atoms with Crippen LogP contribution in [-0.2, 0) is 0 Å². The first-order valence-corrected chi connectivity index (χ1v) is 5.22. The summed E-state index contributed by atoms with van der Waals surface area (Å²) in [7, 11) is 5.68. The number of hydrogen-bond acceptors (Lipinski definition) is 3. The topological polar surface area (TPSA) is 27.6 Å². The Morgan fingerprint density at radius 2 is 1.94 bits per heavy atom. The molecule has 0 aliphatic carbocycles. The number of guanidine groups is 1. The highest BCUT2D eigenvalue weighted by Gasteiger charge is 2.14. The van der Waals surface area contributed by atoms with E-state index in [9.17, 15) is 0 Å². The molecule has 1 aromatic carbocycles. The predicted octanol–water partition coefficient (Wildman–Crippen LogP) is 2.58. The van der Waals surface area contributed by atoms with Crippen LogP contribution < -0.4 is 5.32 Å². The van der Waals surface area contributed by atoms with Gasteiger partial charge in [-0.05, 0) is 12.1 Å². The summed E-state index contributed by atoms with van der Waals surface area (Å²) in [6, 6.07) is 5.30. The van der Waals surface area contributed by atoms with Gasteiger partial charge in [-0.3, -0.25) is 4.99 Å². The largest absolute Gasteiger partial charge is 0.395 e. The number of nitrogens with zero attached hydrogens (tertiary/aromatic N) is 2. The zero-order valence-electron chi connectivity index (χ0n) is 8.28. The zero-order chi connectivity index (χ0) is 10.8. The van der Waals surface area contributed by atoms with Crippen molar-refractivity contribution in [1.29, 1.82) is 0 Å². The van der Waals surface area contributed by atoms with Gasteiger partial charge in [0.2, 0.25) is 7.98 Å². The van der Waals surface area contributed by atoms with E-state index in [0.29, 0.717) is 34.8 Å². The molecule has 3 nitrogen and oxygen atoms in total. The van der Waals surface area contributed by atoms with Gasteiger partial charge in [-0.25, -0.2) is 0 Å². The minimum atomic E-state index is 0. The number of rotatable bonds is 1. The Morgan fingerprint density at radius 1 is 1.31 bits per heavy atom. The first kappa shape index (κ1) is 13.5. The van der Waals surface area contributed by atoms with Gasteiger partial charge in [0.05, 0.1) is 22.3 Å². The predicted molar refractivity (Wildman–Crippen MR) is 72.1 cm³/mol. The summed E-state index contributed by atoms with van der Waals surface area (Å²) in [5.74, 6) is 0.588. The van der Waals surface area contributed by atoms with Crippen molar-refractivity contribution in [2.75, 3.05) is 18.4 Å². The first-order chi connectivity index (χ1) is 7.18. The Kier molecular flexibility index (Phi) is 4.78. The quantitative estimate of drug-likeness (QED) is 0.798. The van der Waals surface area contributed by atoms with Crippen LogP contribution in [0.4, 0.5) is 5.69 Å². The highest BCUT2D eigenvalue weighted by molar-refractivity contribution is 6.40. The molecule has 84 valence electrons. The summed E-state index contributed by atoms with van der Waals surface area (Å²) in [6.45, 7) is 1.38. The highest BCUT2D eigenvalue weighted by Crippen LogP contribution is 2.30. The molecule has 0 bridgehead atoms. The normalized spacial score (nSPS) is 14.4. The second-order valence-corrected chi connectivity index (χ2v) is 3.93. The van der Waals surface area contributed by atoms with E-state index in [0.717, 1.165) is 0 Å². The average Bonchev–Trinajstić information content (AvgIpc) is 2.58. The zero-order valence-corrected chi connectivity index (χ0v) is 10.6. The van der Waals surface area contributed by atoms with Gasteiger partial charge in [-0.2, -0.15) is 0 Å². The van der Waals surface area contributed by atoms with Crippen LogP contribution in [0.25, 0.3) is 0 Å². The van der Waals surface area contributed by atoms with Crippen LogP contribution >= 0.6 is 35.6 Å². The van der Waals surface area contributed by atoms with Gasteiger partial charge in [-0.1, -0.05) is 29.3 Å². The maximum atomic E-state index is 5.99. The van der Waals surface area contributed by atoms with E-state index < -0.39 is 0 Å². The van der Waals surface area contributed by atoms with Gasteiger partial charge >= 0.3 is 0 Å². The molecule has 16 heavy (non-hydrogen) atoms. The molecule has 1 aliphatic heterocycles. The number of aliphatic imine (C=N–C) groups is 1. The van der Waals surface area contributed by atoms with E-state index in [1.807, 2.05) is 0 Å². The van der Waals surface area contributed by atoms with Crippen molar-refractivity contribution in [2.45, 2.75) is 0 Å². The maximum Gasteiger partial charge on any atom is 0.230 e. The summed E-state index contributed by atoms with van der Waals surface area (Å²) in [5, 5.41) is 4.11.